The van der Waals surface area contributed by atoms with E-state index in [0.29, 0.717) is 6.42 Å². The Hall–Kier alpha value is -1.13. The fourth-order valence-electron chi connectivity index (χ4n) is 1.73. The number of aliphatic hydroxyl groups excluding tert-OH is 1. The van der Waals surface area contributed by atoms with Gasteiger partial charge in [0.2, 0.25) is 0 Å². The van der Waals surface area contributed by atoms with E-state index in [2.05, 4.69) is 17.4 Å². The van der Waals surface area contributed by atoms with Crippen molar-refractivity contribution >= 4 is 11.3 Å². The van der Waals surface area contributed by atoms with Crippen LogP contribution in [0.2, 0.25) is 0 Å². The summed E-state index contributed by atoms with van der Waals surface area (Å²) in [5, 5.41) is 18.4. The normalized spacial score (nSPS) is 12.9. The molecule has 1 N–H and O–H groups in total. The van der Waals surface area contributed by atoms with Gasteiger partial charge in [-0.15, -0.1) is 0 Å². The SMILES string of the molecule is CCn1cc(CC(O)c2cscc2C)cn1. The number of aliphatic hydroxyl groups is 1. The maximum atomic E-state index is 10.1. The first kappa shape index (κ1) is 11.4. The number of aryl methyl sites for hydroxylation is 2. The second kappa shape index (κ2) is 4.80. The van der Waals surface area contributed by atoms with E-state index < -0.39 is 6.10 Å². The summed E-state index contributed by atoms with van der Waals surface area (Å²) in [5.74, 6) is 0. The Morgan fingerprint density at radius 1 is 1.50 bits per heavy atom. The van der Waals surface area contributed by atoms with Gasteiger partial charge >= 0.3 is 0 Å². The molecule has 0 spiro atoms. The van der Waals surface area contributed by atoms with Gasteiger partial charge in [0.1, 0.15) is 0 Å². The van der Waals surface area contributed by atoms with Crippen LogP contribution < -0.4 is 0 Å². The summed E-state index contributed by atoms with van der Waals surface area (Å²) >= 11 is 1.63. The van der Waals surface area contributed by atoms with Gasteiger partial charge in [-0.25, -0.2) is 0 Å². The van der Waals surface area contributed by atoms with Crippen molar-refractivity contribution in [1.82, 2.24) is 9.78 Å². The lowest BCUT2D eigenvalue weighted by molar-refractivity contribution is 0.178. The number of rotatable bonds is 4. The molecule has 0 saturated heterocycles. The van der Waals surface area contributed by atoms with Gasteiger partial charge < -0.3 is 5.11 Å². The second-order valence-corrected chi connectivity index (χ2v) is 4.68. The molecular formula is C12H16N2OS. The molecule has 0 radical (unpaired) electrons. The lowest BCUT2D eigenvalue weighted by Crippen LogP contribution is -2.01. The molecule has 1 unspecified atom stereocenters. The third-order valence-corrected chi connectivity index (χ3v) is 3.57. The molecule has 16 heavy (non-hydrogen) atoms. The maximum Gasteiger partial charge on any atom is 0.0842 e. The molecule has 3 nitrogen and oxygen atoms in total. The van der Waals surface area contributed by atoms with Crippen LogP contribution in [0, 0.1) is 6.92 Å². The van der Waals surface area contributed by atoms with Crippen molar-refractivity contribution in [2.75, 3.05) is 0 Å². The highest BCUT2D eigenvalue weighted by atomic mass is 32.1. The topological polar surface area (TPSA) is 38.0 Å². The van der Waals surface area contributed by atoms with Crippen molar-refractivity contribution in [2.24, 2.45) is 0 Å². The first-order valence-corrected chi connectivity index (χ1v) is 6.37. The van der Waals surface area contributed by atoms with Crippen LogP contribution in [0.5, 0.6) is 0 Å². The van der Waals surface area contributed by atoms with Gasteiger partial charge in [-0.1, -0.05) is 0 Å². The Bertz CT molecular complexity index is 461. The average molecular weight is 236 g/mol. The highest BCUT2D eigenvalue weighted by molar-refractivity contribution is 7.08. The summed E-state index contributed by atoms with van der Waals surface area (Å²) in [6.07, 6.45) is 4.04. The number of aromatic nitrogens is 2. The summed E-state index contributed by atoms with van der Waals surface area (Å²) in [5.41, 5.74) is 3.29. The molecule has 2 heterocycles. The Kier molecular flexibility index (Phi) is 3.41. The molecule has 2 aromatic heterocycles. The van der Waals surface area contributed by atoms with E-state index in [-0.39, 0.29) is 0 Å². The van der Waals surface area contributed by atoms with Crippen molar-refractivity contribution in [3.05, 3.63) is 39.8 Å². The Morgan fingerprint density at radius 2 is 2.31 bits per heavy atom. The zero-order chi connectivity index (χ0) is 11.5. The van der Waals surface area contributed by atoms with Gasteiger partial charge in [-0.3, -0.25) is 4.68 Å². The van der Waals surface area contributed by atoms with Crippen molar-refractivity contribution in [3.8, 4) is 0 Å². The minimum absolute atomic E-state index is 0.416. The first-order valence-electron chi connectivity index (χ1n) is 5.42. The molecule has 86 valence electrons. The third-order valence-electron chi connectivity index (χ3n) is 2.69. The van der Waals surface area contributed by atoms with Crippen LogP contribution in [0.25, 0.3) is 0 Å². The van der Waals surface area contributed by atoms with E-state index in [0.717, 1.165) is 17.7 Å². The van der Waals surface area contributed by atoms with Gasteiger partial charge in [0.15, 0.2) is 0 Å². The average Bonchev–Trinajstić information content (AvgIpc) is 2.86. The first-order chi connectivity index (χ1) is 7.70. The van der Waals surface area contributed by atoms with Crippen LogP contribution in [0.15, 0.2) is 23.2 Å². The molecule has 1 atom stereocenters. The number of nitrogens with zero attached hydrogens (tertiary/aromatic N) is 2. The molecular weight excluding hydrogens is 220 g/mol. The van der Waals surface area contributed by atoms with Crippen molar-refractivity contribution in [3.63, 3.8) is 0 Å². The van der Waals surface area contributed by atoms with Crippen molar-refractivity contribution < 1.29 is 5.11 Å². The minimum Gasteiger partial charge on any atom is -0.388 e. The van der Waals surface area contributed by atoms with Crippen LogP contribution in [0.1, 0.15) is 29.7 Å². The number of thiophene rings is 1. The fraction of sp³-hybridized carbons (Fsp3) is 0.417. The monoisotopic (exact) mass is 236 g/mol. The molecule has 0 amide bonds. The summed E-state index contributed by atoms with van der Waals surface area (Å²) < 4.78 is 1.88. The molecule has 2 aromatic rings. The number of hydrogen-bond acceptors (Lipinski definition) is 3. The maximum absolute atomic E-state index is 10.1. The fourth-order valence-corrected chi connectivity index (χ4v) is 2.63. The molecule has 0 fully saturated rings. The van der Waals surface area contributed by atoms with Gasteiger partial charge in [-0.05, 0) is 41.3 Å². The molecule has 0 aliphatic carbocycles. The highest BCUT2D eigenvalue weighted by Crippen LogP contribution is 2.24. The predicted molar refractivity (Wildman–Crippen MR) is 65.6 cm³/mol. The van der Waals surface area contributed by atoms with Crippen LogP contribution in [0.3, 0.4) is 0 Å². The van der Waals surface area contributed by atoms with Crippen molar-refractivity contribution in [1.29, 1.82) is 0 Å². The number of hydrogen-bond donors (Lipinski definition) is 1. The molecule has 0 aliphatic heterocycles. The highest BCUT2D eigenvalue weighted by Gasteiger charge is 2.12. The molecule has 2 rings (SSSR count). The van der Waals surface area contributed by atoms with Gasteiger partial charge in [-0.2, -0.15) is 16.4 Å². The largest absolute Gasteiger partial charge is 0.388 e. The smallest absolute Gasteiger partial charge is 0.0842 e. The zero-order valence-electron chi connectivity index (χ0n) is 9.55. The van der Waals surface area contributed by atoms with E-state index in [1.807, 2.05) is 29.4 Å². The summed E-state index contributed by atoms with van der Waals surface area (Å²) in [7, 11) is 0. The van der Waals surface area contributed by atoms with Gasteiger partial charge in [0.05, 0.1) is 12.3 Å². The van der Waals surface area contributed by atoms with E-state index in [4.69, 9.17) is 0 Å². The summed E-state index contributed by atoms with van der Waals surface area (Å²) in [6.45, 7) is 4.95. The summed E-state index contributed by atoms with van der Waals surface area (Å²) in [6, 6.07) is 0. The predicted octanol–water partition coefficient (Wildman–Crippen LogP) is 2.55. The van der Waals surface area contributed by atoms with E-state index >= 15 is 0 Å². The van der Waals surface area contributed by atoms with Crippen LogP contribution in [-0.2, 0) is 13.0 Å². The Labute approximate surface area is 99.4 Å². The molecule has 0 saturated carbocycles. The molecule has 0 bridgehead atoms. The Balaban J connectivity index is 2.07. The molecule has 0 aliphatic rings. The second-order valence-electron chi connectivity index (χ2n) is 3.93. The summed E-state index contributed by atoms with van der Waals surface area (Å²) in [4.78, 5) is 0. The lowest BCUT2D eigenvalue weighted by atomic mass is 10.0. The van der Waals surface area contributed by atoms with E-state index in [1.54, 1.807) is 11.3 Å². The third kappa shape index (κ3) is 2.33. The zero-order valence-corrected chi connectivity index (χ0v) is 10.4. The minimum atomic E-state index is -0.416. The van der Waals surface area contributed by atoms with Crippen LogP contribution >= 0.6 is 11.3 Å². The van der Waals surface area contributed by atoms with Gasteiger partial charge in [0.25, 0.3) is 0 Å². The standard InChI is InChI=1S/C12H16N2OS/c1-3-14-6-10(5-13-14)4-12(15)11-8-16-7-9(11)2/h5-8,12,15H,3-4H2,1-2H3. The lowest BCUT2D eigenvalue weighted by Gasteiger charge is -2.08. The van der Waals surface area contributed by atoms with Crippen LogP contribution in [0.4, 0.5) is 0 Å². The van der Waals surface area contributed by atoms with Gasteiger partial charge in [0, 0.05) is 19.2 Å². The van der Waals surface area contributed by atoms with E-state index in [1.165, 1.54) is 5.56 Å². The van der Waals surface area contributed by atoms with E-state index in [9.17, 15) is 5.11 Å². The quantitative estimate of drug-likeness (QED) is 0.886. The van der Waals surface area contributed by atoms with Crippen LogP contribution in [-0.4, -0.2) is 14.9 Å². The molecule has 4 heteroatoms. The van der Waals surface area contributed by atoms with Crippen molar-refractivity contribution in [2.45, 2.75) is 32.9 Å². The Morgan fingerprint density at radius 3 is 2.88 bits per heavy atom. The molecule has 0 aromatic carbocycles.